The fourth-order valence-corrected chi connectivity index (χ4v) is 0.961. The first-order valence-corrected chi connectivity index (χ1v) is 3.49. The van der Waals surface area contributed by atoms with Gasteiger partial charge in [-0.05, 0) is 20.2 Å². The first-order valence-electron chi connectivity index (χ1n) is 3.49. The Morgan fingerprint density at radius 1 is 1.64 bits per heavy atom. The van der Waals surface area contributed by atoms with Crippen molar-refractivity contribution in [2.24, 2.45) is 0 Å². The van der Waals surface area contributed by atoms with E-state index in [0.29, 0.717) is 5.56 Å². The van der Waals surface area contributed by atoms with Gasteiger partial charge in [0, 0.05) is 24.0 Å². The second-order valence-electron chi connectivity index (χ2n) is 2.81. The van der Waals surface area contributed by atoms with E-state index in [2.05, 4.69) is 4.98 Å². The normalized spacial score (nSPS) is 10.5. The first-order chi connectivity index (χ1) is 5.22. The lowest BCUT2D eigenvalue weighted by Crippen LogP contribution is -2.10. The van der Waals surface area contributed by atoms with Crippen LogP contribution < -0.4 is 0 Å². The second kappa shape index (κ2) is 3.34. The average molecular weight is 152 g/mol. The average Bonchev–Trinajstić information content (AvgIpc) is 2.34. The van der Waals surface area contributed by atoms with Gasteiger partial charge in [-0.25, -0.2) is 0 Å². The smallest absolute Gasteiger partial charge is 0.151 e. The van der Waals surface area contributed by atoms with Crippen molar-refractivity contribution in [2.45, 2.75) is 6.54 Å². The number of nitrogens with one attached hydrogen (secondary N) is 1. The molecule has 0 spiro atoms. The summed E-state index contributed by atoms with van der Waals surface area (Å²) in [5, 5.41) is 0. The summed E-state index contributed by atoms with van der Waals surface area (Å²) in [6, 6.07) is 1.85. The van der Waals surface area contributed by atoms with E-state index in [-0.39, 0.29) is 0 Å². The molecule has 3 heteroatoms. The standard InChI is InChI=1S/C8H12N2O/c1-10(2)5-8-3-7(6-11)4-9-8/h3-4,6,9H,5H2,1-2H3. The molecular formula is C8H12N2O. The van der Waals surface area contributed by atoms with E-state index in [0.717, 1.165) is 18.5 Å². The number of hydrogen-bond donors (Lipinski definition) is 1. The number of carbonyl (C=O) groups is 1. The zero-order valence-corrected chi connectivity index (χ0v) is 6.79. The molecule has 11 heavy (non-hydrogen) atoms. The minimum atomic E-state index is 0.710. The van der Waals surface area contributed by atoms with Crippen LogP contribution in [-0.2, 0) is 6.54 Å². The Bertz CT molecular complexity index is 240. The largest absolute Gasteiger partial charge is 0.363 e. The molecule has 0 amide bonds. The summed E-state index contributed by atoms with van der Waals surface area (Å²) in [5.74, 6) is 0. The van der Waals surface area contributed by atoms with E-state index in [1.165, 1.54) is 0 Å². The lowest BCUT2D eigenvalue weighted by molar-refractivity contribution is 0.112. The minimum absolute atomic E-state index is 0.710. The van der Waals surface area contributed by atoms with E-state index in [1.807, 2.05) is 25.1 Å². The number of carbonyl (C=O) groups excluding carboxylic acids is 1. The zero-order valence-electron chi connectivity index (χ0n) is 6.79. The van der Waals surface area contributed by atoms with Gasteiger partial charge in [-0.1, -0.05) is 0 Å². The van der Waals surface area contributed by atoms with Gasteiger partial charge in [0.25, 0.3) is 0 Å². The van der Waals surface area contributed by atoms with Gasteiger partial charge in [0.1, 0.15) is 0 Å². The SMILES string of the molecule is CN(C)Cc1cc(C=O)c[nH]1. The Morgan fingerprint density at radius 2 is 2.36 bits per heavy atom. The van der Waals surface area contributed by atoms with Crippen molar-refractivity contribution in [3.63, 3.8) is 0 Å². The maximum absolute atomic E-state index is 10.3. The number of aromatic nitrogens is 1. The minimum Gasteiger partial charge on any atom is -0.363 e. The molecule has 0 aliphatic rings. The maximum Gasteiger partial charge on any atom is 0.151 e. The Balaban J connectivity index is 2.65. The van der Waals surface area contributed by atoms with Crippen LogP contribution in [0.3, 0.4) is 0 Å². The van der Waals surface area contributed by atoms with Gasteiger partial charge in [0.15, 0.2) is 6.29 Å². The van der Waals surface area contributed by atoms with Gasteiger partial charge < -0.3 is 9.88 Å². The molecule has 0 fully saturated rings. The second-order valence-corrected chi connectivity index (χ2v) is 2.81. The predicted molar refractivity (Wildman–Crippen MR) is 43.6 cm³/mol. The molecule has 0 bridgehead atoms. The summed E-state index contributed by atoms with van der Waals surface area (Å²) in [6.45, 7) is 0.841. The van der Waals surface area contributed by atoms with Crippen molar-refractivity contribution in [1.29, 1.82) is 0 Å². The number of hydrogen-bond acceptors (Lipinski definition) is 2. The monoisotopic (exact) mass is 152 g/mol. The molecule has 60 valence electrons. The topological polar surface area (TPSA) is 36.1 Å². The molecule has 3 nitrogen and oxygen atoms in total. The van der Waals surface area contributed by atoms with Crippen LogP contribution in [0.15, 0.2) is 12.3 Å². The van der Waals surface area contributed by atoms with Crippen molar-refractivity contribution >= 4 is 6.29 Å². The summed E-state index contributed by atoms with van der Waals surface area (Å²) in [7, 11) is 3.98. The number of aromatic amines is 1. The lowest BCUT2D eigenvalue weighted by atomic mass is 10.3. The van der Waals surface area contributed by atoms with Crippen LogP contribution in [0.25, 0.3) is 0 Å². The van der Waals surface area contributed by atoms with E-state index in [4.69, 9.17) is 0 Å². The highest BCUT2D eigenvalue weighted by Gasteiger charge is 1.97. The molecule has 0 unspecified atom stereocenters. The van der Waals surface area contributed by atoms with Gasteiger partial charge in [-0.3, -0.25) is 4.79 Å². The Hall–Kier alpha value is -1.09. The van der Waals surface area contributed by atoms with Crippen molar-refractivity contribution < 1.29 is 4.79 Å². The van der Waals surface area contributed by atoms with Crippen molar-refractivity contribution in [1.82, 2.24) is 9.88 Å². The van der Waals surface area contributed by atoms with Gasteiger partial charge in [0.05, 0.1) is 0 Å². The number of H-pyrrole nitrogens is 1. The molecule has 1 rings (SSSR count). The van der Waals surface area contributed by atoms with Crippen molar-refractivity contribution in [2.75, 3.05) is 14.1 Å². The van der Waals surface area contributed by atoms with Gasteiger partial charge in [-0.2, -0.15) is 0 Å². The van der Waals surface area contributed by atoms with Crippen LogP contribution >= 0.6 is 0 Å². The zero-order chi connectivity index (χ0) is 8.27. The highest BCUT2D eigenvalue weighted by atomic mass is 16.1. The highest BCUT2D eigenvalue weighted by Crippen LogP contribution is 2.01. The third-order valence-electron chi connectivity index (χ3n) is 1.39. The third kappa shape index (κ3) is 2.20. The molecule has 0 atom stereocenters. The summed E-state index contributed by atoms with van der Waals surface area (Å²) in [6.07, 6.45) is 2.56. The number of nitrogens with zero attached hydrogens (tertiary/aromatic N) is 1. The molecule has 0 aliphatic heterocycles. The molecule has 0 saturated carbocycles. The molecule has 0 aromatic carbocycles. The fourth-order valence-electron chi connectivity index (χ4n) is 0.961. The summed E-state index contributed by atoms with van der Waals surface area (Å²) in [4.78, 5) is 15.3. The maximum atomic E-state index is 10.3. The van der Waals surface area contributed by atoms with Crippen LogP contribution in [0, 0.1) is 0 Å². The summed E-state index contributed by atoms with van der Waals surface area (Å²) in [5.41, 5.74) is 1.78. The Labute approximate surface area is 66.0 Å². The molecule has 1 aromatic rings. The van der Waals surface area contributed by atoms with Crippen molar-refractivity contribution in [3.05, 3.63) is 23.5 Å². The number of aldehydes is 1. The quantitative estimate of drug-likeness (QED) is 0.653. The Kier molecular flexibility index (Phi) is 2.44. The van der Waals surface area contributed by atoms with Crippen LogP contribution in [0.2, 0.25) is 0 Å². The molecule has 1 heterocycles. The van der Waals surface area contributed by atoms with Gasteiger partial charge in [0.2, 0.25) is 0 Å². The van der Waals surface area contributed by atoms with Crippen LogP contribution in [0.4, 0.5) is 0 Å². The van der Waals surface area contributed by atoms with Crippen LogP contribution in [0.5, 0.6) is 0 Å². The molecular weight excluding hydrogens is 140 g/mol. The van der Waals surface area contributed by atoms with Crippen molar-refractivity contribution in [3.8, 4) is 0 Å². The molecule has 1 aromatic heterocycles. The van der Waals surface area contributed by atoms with E-state index in [1.54, 1.807) is 6.20 Å². The van der Waals surface area contributed by atoms with Gasteiger partial charge in [-0.15, -0.1) is 0 Å². The molecule has 0 aliphatic carbocycles. The van der Waals surface area contributed by atoms with E-state index < -0.39 is 0 Å². The Morgan fingerprint density at radius 3 is 2.82 bits per heavy atom. The third-order valence-corrected chi connectivity index (χ3v) is 1.39. The highest BCUT2D eigenvalue weighted by molar-refractivity contribution is 5.74. The van der Waals surface area contributed by atoms with E-state index in [9.17, 15) is 4.79 Å². The van der Waals surface area contributed by atoms with E-state index >= 15 is 0 Å². The molecule has 0 radical (unpaired) electrons. The summed E-state index contributed by atoms with van der Waals surface area (Å²) < 4.78 is 0. The predicted octanol–water partition coefficient (Wildman–Crippen LogP) is 0.889. The van der Waals surface area contributed by atoms with Crippen LogP contribution in [-0.4, -0.2) is 30.3 Å². The first kappa shape index (κ1) is 8.01. The molecule has 1 N–H and O–H groups in total. The fraction of sp³-hybridized carbons (Fsp3) is 0.375. The molecule has 0 saturated heterocycles. The lowest BCUT2D eigenvalue weighted by Gasteiger charge is -2.06. The number of rotatable bonds is 3. The van der Waals surface area contributed by atoms with Gasteiger partial charge >= 0.3 is 0 Å². The summed E-state index contributed by atoms with van der Waals surface area (Å²) >= 11 is 0. The van der Waals surface area contributed by atoms with Crippen LogP contribution in [0.1, 0.15) is 16.1 Å².